The fraction of sp³-hybridized carbons (Fsp3) is 0.487. The highest BCUT2D eigenvalue weighted by Gasteiger charge is 2.41. The van der Waals surface area contributed by atoms with Crippen LogP contribution in [0.25, 0.3) is 11.2 Å². The van der Waals surface area contributed by atoms with E-state index in [2.05, 4.69) is 46.5 Å². The molecule has 0 bridgehead atoms. The summed E-state index contributed by atoms with van der Waals surface area (Å²) in [6.07, 6.45) is -0.943. The summed E-state index contributed by atoms with van der Waals surface area (Å²) >= 11 is 1.05. The van der Waals surface area contributed by atoms with Gasteiger partial charge in [-0.25, -0.2) is 9.97 Å². The monoisotopic (exact) mass is 974 g/mol. The van der Waals surface area contributed by atoms with E-state index < -0.39 is 102 Å². The Morgan fingerprint density at radius 2 is 1.73 bits per heavy atom. The summed E-state index contributed by atoms with van der Waals surface area (Å²) in [5.41, 5.74) is 12.7. The van der Waals surface area contributed by atoms with Gasteiger partial charge < -0.3 is 53.0 Å². The van der Waals surface area contributed by atoms with Crippen molar-refractivity contribution < 1.29 is 53.3 Å². The maximum Gasteiger partial charge on any atom is 0.326 e. The van der Waals surface area contributed by atoms with Crippen molar-refractivity contribution in [3.8, 4) is 0 Å². The number of thioether (sulfide) groups is 1. The molecular formula is C39H50N12O12S3. The van der Waals surface area contributed by atoms with E-state index in [4.69, 9.17) is 16.2 Å². The Morgan fingerprint density at radius 3 is 2.44 bits per heavy atom. The number of imide groups is 1. The number of nitrogen functional groups attached to an aromatic ring is 1. The van der Waals surface area contributed by atoms with Crippen LogP contribution in [0.15, 0.2) is 35.3 Å². The van der Waals surface area contributed by atoms with E-state index in [1.54, 1.807) is 38.1 Å². The summed E-state index contributed by atoms with van der Waals surface area (Å²) in [4.78, 5) is 129. The molecule has 0 aliphatic carbocycles. The Morgan fingerprint density at radius 1 is 1.00 bits per heavy atom. The van der Waals surface area contributed by atoms with Gasteiger partial charge in [0.25, 0.3) is 11.5 Å². The van der Waals surface area contributed by atoms with Gasteiger partial charge in [-0.2, -0.15) is 4.98 Å². The van der Waals surface area contributed by atoms with Crippen molar-refractivity contribution in [2.24, 2.45) is 5.73 Å². The third kappa shape index (κ3) is 15.0. The fourth-order valence-electron chi connectivity index (χ4n) is 6.28. The van der Waals surface area contributed by atoms with E-state index in [-0.39, 0.29) is 61.1 Å². The minimum atomic E-state index is -1.55. The predicted octanol–water partition coefficient (Wildman–Crippen LogP) is -1.76. The van der Waals surface area contributed by atoms with Crippen LogP contribution in [-0.2, 0) is 44.8 Å². The Kier molecular flexibility index (Phi) is 18.5. The number of esters is 1. The highest BCUT2D eigenvalue weighted by molar-refractivity contribution is 8.76. The molecule has 4 heterocycles. The number of carbonyl (C=O) groups is 8. The molecule has 2 aliphatic rings. The highest BCUT2D eigenvalue weighted by atomic mass is 33.1. The van der Waals surface area contributed by atoms with E-state index >= 15 is 0 Å². The van der Waals surface area contributed by atoms with Gasteiger partial charge in [-0.05, 0) is 44.5 Å². The summed E-state index contributed by atoms with van der Waals surface area (Å²) in [5.74, 6) is -5.26. The van der Waals surface area contributed by atoms with Crippen LogP contribution >= 0.6 is 33.3 Å². The van der Waals surface area contributed by atoms with Crippen molar-refractivity contribution in [1.29, 1.82) is 0 Å². The lowest BCUT2D eigenvalue weighted by Gasteiger charge is -2.27. The fourth-order valence-corrected chi connectivity index (χ4v) is 9.78. The van der Waals surface area contributed by atoms with Gasteiger partial charge in [-0.1, -0.05) is 21.6 Å². The maximum atomic E-state index is 13.1. The molecule has 27 heteroatoms. The summed E-state index contributed by atoms with van der Waals surface area (Å²) in [7, 11) is 2.87. The number of aliphatic hydroxyl groups excluding tert-OH is 1. The van der Waals surface area contributed by atoms with Gasteiger partial charge in [0.05, 0.1) is 30.1 Å². The van der Waals surface area contributed by atoms with Gasteiger partial charge in [0.1, 0.15) is 30.8 Å². The summed E-state index contributed by atoms with van der Waals surface area (Å²) in [5, 5.41) is 32.0. The first-order valence-electron chi connectivity index (χ1n) is 20.5. The van der Waals surface area contributed by atoms with E-state index in [1.807, 2.05) is 0 Å². The second-order valence-electron chi connectivity index (χ2n) is 15.3. The third-order valence-corrected chi connectivity index (χ3v) is 13.7. The van der Waals surface area contributed by atoms with E-state index in [1.165, 1.54) is 27.8 Å². The number of carboxylic acid groups (broad SMARTS) is 1. The number of aromatic nitrogens is 4. The van der Waals surface area contributed by atoms with Gasteiger partial charge in [0, 0.05) is 60.0 Å². The van der Waals surface area contributed by atoms with Crippen LogP contribution in [0.5, 0.6) is 0 Å². The number of fused-ring (bicyclic) bond motifs is 1. The van der Waals surface area contributed by atoms with Crippen molar-refractivity contribution >= 4 is 104 Å². The summed E-state index contributed by atoms with van der Waals surface area (Å²) in [6.45, 7) is 2.57. The molecule has 2 fully saturated rings. The van der Waals surface area contributed by atoms with Gasteiger partial charge in [-0.3, -0.25) is 53.0 Å². The molecule has 66 heavy (non-hydrogen) atoms. The first-order valence-corrected chi connectivity index (χ1v) is 24.0. The van der Waals surface area contributed by atoms with E-state index in [0.717, 1.165) is 16.7 Å². The smallest absolute Gasteiger partial charge is 0.326 e. The number of nitrogens with two attached hydrogens (primary N) is 2. The topological polar surface area (TPSA) is 373 Å². The molecule has 356 valence electrons. The molecular weight excluding hydrogens is 925 g/mol. The number of nitrogens with zero attached hydrogens (tertiary/aromatic N) is 4. The number of rotatable bonds is 22. The van der Waals surface area contributed by atoms with Crippen molar-refractivity contribution in [2.75, 3.05) is 41.4 Å². The number of hydrogen-bond acceptors (Lipinski definition) is 20. The molecule has 5 rings (SSSR count). The molecule has 2 aliphatic heterocycles. The second-order valence-corrected chi connectivity index (χ2v) is 19.1. The molecule has 3 aromatic rings. The zero-order valence-electron chi connectivity index (χ0n) is 35.6. The lowest BCUT2D eigenvalue weighted by Crippen LogP contribution is -2.56. The van der Waals surface area contributed by atoms with Crippen molar-refractivity contribution in [1.82, 2.24) is 46.1 Å². The van der Waals surface area contributed by atoms with Gasteiger partial charge in [0.2, 0.25) is 35.5 Å². The largest absolute Gasteiger partial charge is 0.481 e. The molecule has 0 saturated carbocycles. The third-order valence-electron chi connectivity index (χ3n) is 9.85. The van der Waals surface area contributed by atoms with Crippen LogP contribution in [0.4, 0.5) is 11.6 Å². The van der Waals surface area contributed by atoms with Crippen LogP contribution in [0.1, 0.15) is 55.6 Å². The molecule has 2 saturated heterocycles. The molecule has 2 aromatic heterocycles. The summed E-state index contributed by atoms with van der Waals surface area (Å²) in [6, 6.07) is 2.57. The van der Waals surface area contributed by atoms with Crippen molar-refractivity contribution in [3.63, 3.8) is 0 Å². The first kappa shape index (κ1) is 51.0. The Bertz CT molecular complexity index is 2360. The number of aromatic amines is 1. The number of nitrogens with one attached hydrogen (secondary N) is 6. The first-order chi connectivity index (χ1) is 31.4. The zero-order chi connectivity index (χ0) is 48.1. The number of aliphatic carboxylic acids is 1. The quantitative estimate of drug-likeness (QED) is 0.0303. The van der Waals surface area contributed by atoms with Crippen molar-refractivity contribution in [2.45, 2.75) is 87.7 Å². The normalized spacial score (nSPS) is 19.0. The maximum absolute atomic E-state index is 13.1. The van der Waals surface area contributed by atoms with Crippen LogP contribution in [-0.4, -0.2) is 154 Å². The number of carboxylic acids is 1. The van der Waals surface area contributed by atoms with Crippen LogP contribution < -0.4 is 43.6 Å². The van der Waals surface area contributed by atoms with Gasteiger partial charge >= 0.3 is 11.9 Å². The lowest BCUT2D eigenvalue weighted by atomic mass is 10.1. The Balaban J connectivity index is 0.982. The number of anilines is 2. The number of carbonyl (C=O) groups excluding carboxylic acids is 7. The second kappa shape index (κ2) is 23.9. The standard InChI is InChI=1S/C39H50N12O12S3/c1-18(45-34(58)20-4-6-21(7-5-20)42-11-22-12-44-33-32(47-22)37(61)50-39(41)49-33)3-8-28(53)43-13-23(40)35(59)48-24(9-30(55)56)36(60)46-19(2)15-64-27-10-29(54)51(38(27)62)14-31(57)63-26-17-66-65-16-25(26)52/h4-7,12,18-19,23-27,42,52H,3,8-11,13-17,40H2,1-2H3,(H,43,53)(H,45,58)(H,46,60)(H,48,59)(H,55,56)(H3,41,44,49,50,61)/t18-,19-,23+,24+,25-,26-,27?/m0/s1. The zero-order valence-corrected chi connectivity index (χ0v) is 38.1. The predicted molar refractivity (Wildman–Crippen MR) is 243 cm³/mol. The van der Waals surface area contributed by atoms with E-state index in [9.17, 15) is 53.4 Å². The molecule has 6 amide bonds. The number of amides is 6. The van der Waals surface area contributed by atoms with Crippen LogP contribution in [0.2, 0.25) is 0 Å². The average molecular weight is 975 g/mol. The molecule has 7 atom stereocenters. The molecule has 1 unspecified atom stereocenters. The number of benzene rings is 1. The number of hydrogen-bond donors (Lipinski definition) is 10. The van der Waals surface area contributed by atoms with Crippen molar-refractivity contribution in [3.05, 3.63) is 52.1 Å². The number of likely N-dealkylation sites (tertiary alicyclic amines) is 1. The minimum Gasteiger partial charge on any atom is -0.481 e. The van der Waals surface area contributed by atoms with Gasteiger partial charge in [-0.15, -0.1) is 11.8 Å². The number of H-pyrrole nitrogens is 1. The molecule has 12 N–H and O–H groups in total. The average Bonchev–Trinajstić information content (AvgIpc) is 3.53. The molecule has 0 spiro atoms. The molecule has 1 aromatic carbocycles. The van der Waals surface area contributed by atoms with Gasteiger partial charge in [0.15, 0.2) is 11.2 Å². The summed E-state index contributed by atoms with van der Waals surface area (Å²) < 4.78 is 5.28. The molecule has 0 radical (unpaired) electrons. The molecule has 24 nitrogen and oxygen atoms in total. The van der Waals surface area contributed by atoms with E-state index in [0.29, 0.717) is 28.5 Å². The minimum absolute atomic E-state index is 0.0408. The number of ether oxygens (including phenoxy) is 1. The number of aliphatic hydroxyl groups is 1. The highest BCUT2D eigenvalue weighted by Crippen LogP contribution is 2.31. The van der Waals surface area contributed by atoms with Crippen LogP contribution in [0, 0.1) is 0 Å². The van der Waals surface area contributed by atoms with Crippen LogP contribution in [0.3, 0.4) is 0 Å². The Hall–Kier alpha value is -6.03. The lowest BCUT2D eigenvalue weighted by molar-refractivity contribution is -0.158. The Labute approximate surface area is 388 Å². The SMILES string of the molecule is C[C@@H](CCC(=O)NC[C@@H](N)C(=O)N[C@H](CC(=O)O)C(=O)N[C@@H](C)CSC1CC(=O)N(CC(=O)O[C@H]2CSSC[C@@H]2O)C1=O)NC(=O)c1ccc(NCc2cnc3nc(N)[nH]c(=O)c3n2)cc1.